The van der Waals surface area contributed by atoms with Crippen LogP contribution in [0.4, 0.5) is 0 Å². The molecule has 3 rings (SSSR count). The summed E-state index contributed by atoms with van der Waals surface area (Å²) in [5.41, 5.74) is -0.283. The molecule has 2 N–H and O–H groups in total. The molecule has 150 valence electrons. The Kier molecular flexibility index (Phi) is 6.33. The van der Waals surface area contributed by atoms with Crippen molar-refractivity contribution in [1.29, 1.82) is 0 Å². The van der Waals surface area contributed by atoms with Gasteiger partial charge in [-0.25, -0.2) is 13.1 Å². The zero-order valence-corrected chi connectivity index (χ0v) is 16.2. The molecule has 0 spiro atoms. The summed E-state index contributed by atoms with van der Waals surface area (Å²) in [5.74, 6) is -0.1000. The molecule has 1 aromatic heterocycles. The third-order valence-corrected chi connectivity index (χ3v) is 7.07. The molecule has 0 bridgehead atoms. The van der Waals surface area contributed by atoms with Crippen molar-refractivity contribution < 1.29 is 22.4 Å². The topological polar surface area (TPSA) is 115 Å². The van der Waals surface area contributed by atoms with Crippen LogP contribution in [-0.2, 0) is 14.8 Å². The van der Waals surface area contributed by atoms with Gasteiger partial charge in [0.05, 0.1) is 5.25 Å². The Morgan fingerprint density at radius 1 is 1.11 bits per heavy atom. The first-order valence-electron chi connectivity index (χ1n) is 9.35. The maximum atomic E-state index is 12.6. The first kappa shape index (κ1) is 20.0. The molecule has 2 heterocycles. The number of sulfonamides is 1. The summed E-state index contributed by atoms with van der Waals surface area (Å²) in [5, 5.41) is 2.44. The van der Waals surface area contributed by atoms with Gasteiger partial charge < -0.3 is 14.5 Å². The SMILES string of the molecule is Cc1cc(=O)cc(C(=O)N[C@@H]2CCC[C@@H](NS(=O)(=O)C3CCOCC3)C2)o1. The molecule has 0 unspecified atom stereocenters. The monoisotopic (exact) mass is 398 g/mol. The average Bonchev–Trinajstić information content (AvgIpc) is 2.61. The van der Waals surface area contributed by atoms with Crippen LogP contribution in [0.3, 0.4) is 0 Å². The molecule has 1 aromatic rings. The standard InChI is InChI=1S/C18H26N2O6S/c1-12-9-15(21)11-17(26-12)18(22)19-13-3-2-4-14(10-13)20-27(23,24)16-5-7-25-8-6-16/h9,11,13-14,16,20H,2-8,10H2,1H3,(H,19,22)/t13-,14-/m1/s1. The van der Waals surface area contributed by atoms with Gasteiger partial charge in [-0.1, -0.05) is 0 Å². The van der Waals surface area contributed by atoms with E-state index in [2.05, 4.69) is 10.0 Å². The lowest BCUT2D eigenvalue weighted by Gasteiger charge is -2.32. The third-order valence-electron chi connectivity index (χ3n) is 5.06. The van der Waals surface area contributed by atoms with Gasteiger partial charge in [0, 0.05) is 37.4 Å². The van der Waals surface area contributed by atoms with Gasteiger partial charge in [-0.3, -0.25) is 9.59 Å². The van der Waals surface area contributed by atoms with E-state index >= 15 is 0 Å². The van der Waals surface area contributed by atoms with Crippen LogP contribution in [0.5, 0.6) is 0 Å². The van der Waals surface area contributed by atoms with Crippen molar-refractivity contribution in [2.75, 3.05) is 13.2 Å². The zero-order valence-electron chi connectivity index (χ0n) is 15.4. The van der Waals surface area contributed by atoms with Crippen LogP contribution in [0.2, 0.25) is 0 Å². The Morgan fingerprint density at radius 2 is 1.81 bits per heavy atom. The highest BCUT2D eigenvalue weighted by Crippen LogP contribution is 2.22. The zero-order chi connectivity index (χ0) is 19.4. The number of rotatable bonds is 5. The summed E-state index contributed by atoms with van der Waals surface area (Å²) in [4.78, 5) is 23.9. The molecule has 27 heavy (non-hydrogen) atoms. The van der Waals surface area contributed by atoms with E-state index in [9.17, 15) is 18.0 Å². The number of aryl methyl sites for hydroxylation is 1. The highest BCUT2D eigenvalue weighted by Gasteiger charge is 2.32. The summed E-state index contributed by atoms with van der Waals surface area (Å²) in [6, 6.07) is 2.11. The van der Waals surface area contributed by atoms with Gasteiger partial charge >= 0.3 is 0 Å². The minimum Gasteiger partial charge on any atom is -0.456 e. The van der Waals surface area contributed by atoms with E-state index in [0.29, 0.717) is 38.2 Å². The van der Waals surface area contributed by atoms with Gasteiger partial charge in [-0.05, 0) is 45.4 Å². The molecule has 0 radical (unpaired) electrons. The van der Waals surface area contributed by atoms with Crippen molar-refractivity contribution in [3.63, 3.8) is 0 Å². The molecule has 2 fully saturated rings. The first-order chi connectivity index (χ1) is 12.8. The van der Waals surface area contributed by atoms with Crippen molar-refractivity contribution in [2.24, 2.45) is 0 Å². The number of nitrogens with one attached hydrogen (secondary N) is 2. The van der Waals surface area contributed by atoms with Gasteiger partial charge in [-0.2, -0.15) is 0 Å². The van der Waals surface area contributed by atoms with E-state index in [1.807, 2.05) is 0 Å². The maximum Gasteiger partial charge on any atom is 0.287 e. The van der Waals surface area contributed by atoms with E-state index in [0.717, 1.165) is 25.3 Å². The fraction of sp³-hybridized carbons (Fsp3) is 0.667. The third kappa shape index (κ3) is 5.40. The Hall–Kier alpha value is -1.71. The lowest BCUT2D eigenvalue weighted by Crippen LogP contribution is -2.48. The summed E-state index contributed by atoms with van der Waals surface area (Å²) >= 11 is 0. The van der Waals surface area contributed by atoms with Crippen LogP contribution >= 0.6 is 0 Å². The van der Waals surface area contributed by atoms with E-state index in [-0.39, 0.29) is 23.3 Å². The van der Waals surface area contributed by atoms with Gasteiger partial charge in [0.2, 0.25) is 10.0 Å². The molecular weight excluding hydrogens is 372 g/mol. The van der Waals surface area contributed by atoms with E-state index in [1.165, 1.54) is 6.07 Å². The van der Waals surface area contributed by atoms with E-state index in [1.54, 1.807) is 6.92 Å². The number of ether oxygens (including phenoxy) is 1. The Morgan fingerprint density at radius 3 is 2.52 bits per heavy atom. The van der Waals surface area contributed by atoms with E-state index in [4.69, 9.17) is 9.15 Å². The Bertz CT molecular complexity index is 828. The molecule has 0 aromatic carbocycles. The highest BCUT2D eigenvalue weighted by molar-refractivity contribution is 7.90. The second kappa shape index (κ2) is 8.53. The average molecular weight is 398 g/mol. The molecule has 1 aliphatic carbocycles. The number of carbonyl (C=O) groups is 1. The summed E-state index contributed by atoms with van der Waals surface area (Å²) in [6.07, 6.45) is 3.85. The largest absolute Gasteiger partial charge is 0.456 e. The van der Waals surface area contributed by atoms with Crippen molar-refractivity contribution in [2.45, 2.75) is 62.8 Å². The summed E-state index contributed by atoms with van der Waals surface area (Å²) in [6.45, 7) is 2.55. The van der Waals surface area contributed by atoms with E-state index < -0.39 is 21.2 Å². The maximum absolute atomic E-state index is 12.6. The molecule has 8 nitrogen and oxygen atoms in total. The normalized spacial score (nSPS) is 24.5. The van der Waals surface area contributed by atoms with Gasteiger partial charge in [0.15, 0.2) is 11.2 Å². The van der Waals surface area contributed by atoms with Crippen LogP contribution < -0.4 is 15.5 Å². The van der Waals surface area contributed by atoms with Crippen molar-refractivity contribution in [3.8, 4) is 0 Å². The van der Waals surface area contributed by atoms with Crippen molar-refractivity contribution in [1.82, 2.24) is 10.0 Å². The first-order valence-corrected chi connectivity index (χ1v) is 10.9. The molecule has 1 aliphatic heterocycles. The Balaban J connectivity index is 1.59. The molecule has 1 amide bonds. The number of carbonyl (C=O) groups excluding carboxylic acids is 1. The van der Waals surface area contributed by atoms with Gasteiger partial charge in [0.25, 0.3) is 5.91 Å². The summed E-state index contributed by atoms with van der Waals surface area (Å²) in [7, 11) is -3.40. The van der Waals surface area contributed by atoms with Gasteiger partial charge in [0.1, 0.15) is 5.76 Å². The smallest absolute Gasteiger partial charge is 0.287 e. The lowest BCUT2D eigenvalue weighted by atomic mass is 9.91. The molecule has 2 atom stereocenters. The fourth-order valence-corrected chi connectivity index (χ4v) is 5.40. The number of hydrogen-bond donors (Lipinski definition) is 2. The second-order valence-corrected chi connectivity index (χ2v) is 9.27. The van der Waals surface area contributed by atoms with Crippen LogP contribution in [0.15, 0.2) is 21.3 Å². The number of hydrogen-bond acceptors (Lipinski definition) is 6. The predicted molar refractivity (Wildman–Crippen MR) is 99.1 cm³/mol. The minimum absolute atomic E-state index is 0.0232. The van der Waals surface area contributed by atoms with Crippen LogP contribution in [0, 0.1) is 6.92 Å². The van der Waals surface area contributed by atoms with Crippen LogP contribution in [0.25, 0.3) is 0 Å². The molecular formula is C18H26N2O6S. The van der Waals surface area contributed by atoms with Crippen molar-refractivity contribution >= 4 is 15.9 Å². The summed E-state index contributed by atoms with van der Waals surface area (Å²) < 4.78 is 38.5. The van der Waals surface area contributed by atoms with Crippen LogP contribution in [0.1, 0.15) is 54.8 Å². The van der Waals surface area contributed by atoms with Gasteiger partial charge in [-0.15, -0.1) is 0 Å². The molecule has 2 aliphatic rings. The molecule has 9 heteroatoms. The predicted octanol–water partition coefficient (Wildman–Crippen LogP) is 1.09. The highest BCUT2D eigenvalue weighted by atomic mass is 32.2. The van der Waals surface area contributed by atoms with Crippen molar-refractivity contribution in [3.05, 3.63) is 33.9 Å². The lowest BCUT2D eigenvalue weighted by molar-refractivity contribution is 0.0891. The molecule has 1 saturated heterocycles. The Labute approximate surface area is 158 Å². The number of amides is 1. The van der Waals surface area contributed by atoms with Crippen LogP contribution in [-0.4, -0.2) is 44.9 Å². The fourth-order valence-electron chi connectivity index (χ4n) is 3.71. The second-order valence-electron chi connectivity index (χ2n) is 7.28. The quantitative estimate of drug-likeness (QED) is 0.767. The minimum atomic E-state index is -3.40. The molecule has 1 saturated carbocycles.